The first-order chi connectivity index (χ1) is 8.20. The van der Waals surface area contributed by atoms with Crippen LogP contribution in [-0.2, 0) is 0 Å². The molecule has 0 bridgehead atoms. The van der Waals surface area contributed by atoms with Gasteiger partial charge in [0.1, 0.15) is 0 Å². The van der Waals surface area contributed by atoms with Crippen LogP contribution in [0.4, 0.5) is 10.1 Å². The third kappa shape index (κ3) is 2.80. The van der Waals surface area contributed by atoms with Crippen molar-refractivity contribution in [3.8, 4) is 9.75 Å². The van der Waals surface area contributed by atoms with E-state index in [2.05, 4.69) is 17.2 Å². The Hall–Kier alpha value is -1.47. The summed E-state index contributed by atoms with van der Waals surface area (Å²) in [5.41, 5.74) is 0. The van der Waals surface area contributed by atoms with Crippen molar-refractivity contribution in [1.82, 2.24) is 4.98 Å². The van der Waals surface area contributed by atoms with E-state index >= 15 is 0 Å². The summed E-state index contributed by atoms with van der Waals surface area (Å²) < 4.78 is 0. The number of hydrogen-bond acceptors (Lipinski definition) is 6. The number of nitrogens with zero attached hydrogens (tertiary/aromatic N) is 2. The molecule has 0 fully saturated rings. The van der Waals surface area contributed by atoms with Gasteiger partial charge >= 0.3 is 5.00 Å². The smallest absolute Gasteiger partial charge is 0.324 e. The van der Waals surface area contributed by atoms with Crippen LogP contribution in [-0.4, -0.2) is 16.5 Å². The Bertz CT molecular complexity index is 521. The van der Waals surface area contributed by atoms with Gasteiger partial charge in [0.2, 0.25) is 0 Å². The molecule has 0 aliphatic rings. The van der Waals surface area contributed by atoms with E-state index in [9.17, 15) is 10.1 Å². The van der Waals surface area contributed by atoms with Gasteiger partial charge in [0, 0.05) is 18.8 Å². The summed E-state index contributed by atoms with van der Waals surface area (Å²) in [5, 5.41) is 14.8. The zero-order valence-electron chi connectivity index (χ0n) is 9.17. The van der Waals surface area contributed by atoms with Crippen molar-refractivity contribution in [1.29, 1.82) is 0 Å². The Labute approximate surface area is 106 Å². The maximum absolute atomic E-state index is 10.6. The predicted molar refractivity (Wildman–Crippen MR) is 70.9 cm³/mol. The Morgan fingerprint density at radius 3 is 2.88 bits per heavy atom. The van der Waals surface area contributed by atoms with Crippen molar-refractivity contribution in [2.75, 3.05) is 11.9 Å². The molecule has 0 radical (unpaired) electrons. The van der Waals surface area contributed by atoms with E-state index in [-0.39, 0.29) is 9.92 Å². The monoisotopic (exact) mass is 269 g/mol. The number of nitro groups is 1. The van der Waals surface area contributed by atoms with Crippen molar-refractivity contribution < 1.29 is 4.92 Å². The zero-order chi connectivity index (χ0) is 12.3. The molecule has 17 heavy (non-hydrogen) atoms. The van der Waals surface area contributed by atoms with E-state index in [0.717, 1.165) is 27.9 Å². The molecule has 0 saturated carbocycles. The quantitative estimate of drug-likeness (QED) is 0.665. The summed E-state index contributed by atoms with van der Waals surface area (Å²) >= 11 is 2.69. The van der Waals surface area contributed by atoms with Gasteiger partial charge in [-0.25, -0.2) is 4.98 Å². The van der Waals surface area contributed by atoms with Crippen LogP contribution in [0, 0.1) is 10.1 Å². The van der Waals surface area contributed by atoms with E-state index in [1.54, 1.807) is 12.3 Å². The highest BCUT2D eigenvalue weighted by molar-refractivity contribution is 7.25. The zero-order valence-corrected chi connectivity index (χ0v) is 10.8. The van der Waals surface area contributed by atoms with Crippen LogP contribution in [0.1, 0.15) is 13.3 Å². The first-order valence-corrected chi connectivity index (χ1v) is 6.78. The Kier molecular flexibility index (Phi) is 3.70. The normalized spacial score (nSPS) is 10.4. The average molecular weight is 269 g/mol. The molecule has 7 heteroatoms. The van der Waals surface area contributed by atoms with E-state index in [4.69, 9.17) is 0 Å². The fraction of sp³-hybridized carbons (Fsp3) is 0.300. The Morgan fingerprint density at radius 2 is 2.24 bits per heavy atom. The molecule has 2 rings (SSSR count). The number of aromatic nitrogens is 1. The number of hydrogen-bond donors (Lipinski definition) is 1. The maximum Gasteiger partial charge on any atom is 0.324 e. The summed E-state index contributed by atoms with van der Waals surface area (Å²) in [6, 6.07) is 3.29. The summed E-state index contributed by atoms with van der Waals surface area (Å²) in [4.78, 5) is 16.3. The lowest BCUT2D eigenvalue weighted by molar-refractivity contribution is -0.380. The van der Waals surface area contributed by atoms with Gasteiger partial charge in [-0.3, -0.25) is 10.1 Å². The Morgan fingerprint density at radius 1 is 1.41 bits per heavy atom. The second kappa shape index (κ2) is 5.24. The summed E-state index contributed by atoms with van der Waals surface area (Å²) in [6.07, 6.45) is 2.79. The molecule has 2 heterocycles. The molecule has 0 amide bonds. The van der Waals surface area contributed by atoms with Crippen molar-refractivity contribution in [3.63, 3.8) is 0 Å². The number of nitrogens with one attached hydrogen (secondary N) is 1. The molecule has 0 unspecified atom stereocenters. The lowest BCUT2D eigenvalue weighted by Crippen LogP contribution is -1.97. The minimum absolute atomic E-state index is 0.163. The van der Waals surface area contributed by atoms with Gasteiger partial charge in [-0.1, -0.05) is 29.6 Å². The molecule has 2 aromatic heterocycles. The number of anilines is 1. The lowest BCUT2D eigenvalue weighted by atomic mass is 10.4. The molecule has 0 saturated heterocycles. The molecule has 0 spiro atoms. The molecular weight excluding hydrogens is 258 g/mol. The average Bonchev–Trinajstić information content (AvgIpc) is 2.94. The third-order valence-electron chi connectivity index (χ3n) is 2.05. The van der Waals surface area contributed by atoms with Gasteiger partial charge in [-0.05, 0) is 12.5 Å². The first kappa shape index (κ1) is 12.0. The van der Waals surface area contributed by atoms with Crippen LogP contribution in [0.5, 0.6) is 0 Å². The molecule has 0 aromatic carbocycles. The van der Waals surface area contributed by atoms with Gasteiger partial charge in [-0.15, -0.1) is 0 Å². The maximum atomic E-state index is 10.6. The molecular formula is C10H11N3O2S2. The number of thiophene rings is 1. The fourth-order valence-electron chi connectivity index (χ4n) is 1.26. The van der Waals surface area contributed by atoms with Crippen LogP contribution in [0.15, 0.2) is 18.3 Å². The number of thiazole rings is 1. The minimum Gasteiger partial charge on any atom is -0.362 e. The van der Waals surface area contributed by atoms with Crippen LogP contribution >= 0.6 is 22.7 Å². The van der Waals surface area contributed by atoms with E-state index < -0.39 is 0 Å². The largest absolute Gasteiger partial charge is 0.362 e. The molecule has 0 aliphatic carbocycles. The SMILES string of the molecule is CCCNc1ncc(-c2ccc([N+](=O)[O-])s2)s1. The van der Waals surface area contributed by atoms with E-state index in [1.807, 2.05) is 0 Å². The molecule has 5 nitrogen and oxygen atoms in total. The third-order valence-corrected chi connectivity index (χ3v) is 4.23. The predicted octanol–water partition coefficient (Wildman–Crippen LogP) is 3.60. The highest BCUT2D eigenvalue weighted by Crippen LogP contribution is 2.36. The van der Waals surface area contributed by atoms with Crippen LogP contribution in [0.25, 0.3) is 9.75 Å². The van der Waals surface area contributed by atoms with E-state index in [1.165, 1.54) is 28.7 Å². The second-order valence-corrected chi connectivity index (χ2v) is 5.44. The van der Waals surface area contributed by atoms with Crippen molar-refractivity contribution >= 4 is 32.8 Å². The van der Waals surface area contributed by atoms with Gasteiger partial charge in [0.05, 0.1) is 14.7 Å². The summed E-state index contributed by atoms with van der Waals surface area (Å²) in [5.74, 6) is 0. The van der Waals surface area contributed by atoms with Gasteiger partial charge in [-0.2, -0.15) is 0 Å². The van der Waals surface area contributed by atoms with Crippen molar-refractivity contribution in [2.45, 2.75) is 13.3 Å². The van der Waals surface area contributed by atoms with Crippen LogP contribution in [0.2, 0.25) is 0 Å². The van der Waals surface area contributed by atoms with Crippen LogP contribution < -0.4 is 5.32 Å². The molecule has 2 aromatic rings. The standard InChI is InChI=1S/C10H11N3O2S2/c1-2-5-11-10-12-6-8(17-10)7-3-4-9(16-7)13(14)15/h3-4,6H,2,5H2,1H3,(H,11,12). The van der Waals surface area contributed by atoms with Crippen molar-refractivity contribution in [3.05, 3.63) is 28.4 Å². The highest BCUT2D eigenvalue weighted by Gasteiger charge is 2.12. The highest BCUT2D eigenvalue weighted by atomic mass is 32.1. The van der Waals surface area contributed by atoms with E-state index in [0.29, 0.717) is 0 Å². The Balaban J connectivity index is 2.15. The van der Waals surface area contributed by atoms with Gasteiger partial charge in [0.25, 0.3) is 0 Å². The fourth-order valence-corrected chi connectivity index (χ4v) is 3.00. The topological polar surface area (TPSA) is 68.1 Å². The van der Waals surface area contributed by atoms with Crippen molar-refractivity contribution in [2.24, 2.45) is 0 Å². The molecule has 1 N–H and O–H groups in total. The molecule has 0 aliphatic heterocycles. The minimum atomic E-state index is -0.370. The summed E-state index contributed by atoms with van der Waals surface area (Å²) in [6.45, 7) is 2.97. The molecule has 0 atom stereocenters. The first-order valence-electron chi connectivity index (χ1n) is 5.15. The van der Waals surface area contributed by atoms with Crippen LogP contribution in [0.3, 0.4) is 0 Å². The van der Waals surface area contributed by atoms with Gasteiger partial charge < -0.3 is 5.32 Å². The number of rotatable bonds is 5. The lowest BCUT2D eigenvalue weighted by Gasteiger charge is -1.96. The second-order valence-electron chi connectivity index (χ2n) is 3.35. The molecule has 90 valence electrons. The van der Waals surface area contributed by atoms with Gasteiger partial charge in [0.15, 0.2) is 5.13 Å². The summed E-state index contributed by atoms with van der Waals surface area (Å²) in [7, 11) is 0.